The highest BCUT2D eigenvalue weighted by Crippen LogP contribution is 2.39. The van der Waals surface area contributed by atoms with E-state index in [4.69, 9.17) is 14.2 Å². The number of methoxy groups -OCH3 is 3. The molecule has 1 aromatic heterocycles. The molecule has 2 aromatic carbocycles. The number of aliphatic hydroxyl groups is 1. The summed E-state index contributed by atoms with van der Waals surface area (Å²) in [6.07, 6.45) is 4.73. The van der Waals surface area contributed by atoms with Gasteiger partial charge in [-0.15, -0.1) is 0 Å². The molecule has 0 aliphatic heterocycles. The summed E-state index contributed by atoms with van der Waals surface area (Å²) in [4.78, 5) is 23.8. The number of carbonyl (C=O) groups excluding carboxylic acids is 1. The van der Waals surface area contributed by atoms with Gasteiger partial charge in [-0.3, -0.25) is 4.79 Å². The monoisotopic (exact) mass is 521 g/mol. The molecule has 0 saturated carbocycles. The third-order valence-electron chi connectivity index (χ3n) is 7.49. The van der Waals surface area contributed by atoms with Gasteiger partial charge in [0.15, 0.2) is 0 Å². The minimum Gasteiger partial charge on any atom is -0.496 e. The molecule has 8 heteroatoms. The average molecular weight is 522 g/mol. The number of aromatic nitrogens is 1. The maximum absolute atomic E-state index is 12.3. The molecule has 38 heavy (non-hydrogen) atoms. The van der Waals surface area contributed by atoms with Gasteiger partial charge in [0.25, 0.3) is 0 Å². The smallest absolute Gasteiger partial charge is 0.339 e. The summed E-state index contributed by atoms with van der Waals surface area (Å²) in [5.41, 5.74) is 4.79. The van der Waals surface area contributed by atoms with Crippen LogP contribution in [-0.2, 0) is 35.3 Å². The van der Waals surface area contributed by atoms with Crippen molar-refractivity contribution in [3.8, 4) is 11.5 Å². The maximum Gasteiger partial charge on any atom is 0.339 e. The Labute approximate surface area is 222 Å². The molecule has 0 amide bonds. The molecule has 0 bridgehead atoms. The number of carboxylic acid groups (broad SMARTS) is 1. The van der Waals surface area contributed by atoms with Gasteiger partial charge in [0.05, 0.1) is 39.4 Å². The Morgan fingerprint density at radius 1 is 1.03 bits per heavy atom. The van der Waals surface area contributed by atoms with Crippen LogP contribution in [-0.4, -0.2) is 48.0 Å². The highest BCUT2D eigenvalue weighted by molar-refractivity contribution is 5.92. The third-order valence-corrected chi connectivity index (χ3v) is 7.49. The van der Waals surface area contributed by atoms with Crippen LogP contribution in [0.25, 0.3) is 0 Å². The predicted octanol–water partition coefficient (Wildman–Crippen LogP) is 4.38. The van der Waals surface area contributed by atoms with E-state index in [1.54, 1.807) is 31.2 Å². The zero-order valence-electron chi connectivity index (χ0n) is 22.3. The van der Waals surface area contributed by atoms with Crippen molar-refractivity contribution in [1.82, 2.24) is 4.57 Å². The lowest BCUT2D eigenvalue weighted by Crippen LogP contribution is -2.22. The summed E-state index contributed by atoms with van der Waals surface area (Å²) in [5.74, 6) is -0.257. The Bertz CT molecular complexity index is 1260. The van der Waals surface area contributed by atoms with E-state index in [2.05, 4.69) is 24.3 Å². The Kier molecular flexibility index (Phi) is 8.42. The molecular formula is C30H35NO7. The van der Waals surface area contributed by atoms with E-state index in [1.807, 2.05) is 19.1 Å². The van der Waals surface area contributed by atoms with E-state index in [-0.39, 0.29) is 17.9 Å². The molecule has 1 aliphatic carbocycles. The zero-order chi connectivity index (χ0) is 27.4. The van der Waals surface area contributed by atoms with E-state index < -0.39 is 18.0 Å². The van der Waals surface area contributed by atoms with Crippen LogP contribution in [0.2, 0.25) is 0 Å². The highest BCUT2D eigenvalue weighted by atomic mass is 16.5. The number of benzene rings is 2. The fraction of sp³-hybridized carbons (Fsp3) is 0.400. The summed E-state index contributed by atoms with van der Waals surface area (Å²) in [6, 6.07) is 12.1. The van der Waals surface area contributed by atoms with Gasteiger partial charge in [0.1, 0.15) is 11.5 Å². The van der Waals surface area contributed by atoms with Crippen molar-refractivity contribution in [2.45, 2.75) is 45.3 Å². The number of esters is 1. The van der Waals surface area contributed by atoms with Gasteiger partial charge in [0.2, 0.25) is 0 Å². The fourth-order valence-electron chi connectivity index (χ4n) is 5.63. The summed E-state index contributed by atoms with van der Waals surface area (Å²) in [5, 5.41) is 21.1. The van der Waals surface area contributed by atoms with Gasteiger partial charge in [-0.25, -0.2) is 4.79 Å². The lowest BCUT2D eigenvalue weighted by Gasteiger charge is -2.27. The molecule has 202 valence electrons. The molecule has 0 fully saturated rings. The number of carboxylic acids is 1. The first-order chi connectivity index (χ1) is 18.2. The van der Waals surface area contributed by atoms with Crippen LogP contribution < -0.4 is 9.47 Å². The van der Waals surface area contributed by atoms with Crippen molar-refractivity contribution in [2.24, 2.45) is 11.8 Å². The first kappa shape index (κ1) is 27.3. The number of fused-ring (bicyclic) bond motifs is 1. The van der Waals surface area contributed by atoms with E-state index in [0.29, 0.717) is 35.1 Å². The van der Waals surface area contributed by atoms with Crippen molar-refractivity contribution in [3.05, 3.63) is 82.2 Å². The number of carbonyl (C=O) groups is 2. The van der Waals surface area contributed by atoms with Gasteiger partial charge >= 0.3 is 11.9 Å². The summed E-state index contributed by atoms with van der Waals surface area (Å²) in [7, 11) is 4.44. The van der Waals surface area contributed by atoms with Crippen LogP contribution in [0, 0.1) is 18.8 Å². The highest BCUT2D eigenvalue weighted by Gasteiger charge is 2.30. The number of aliphatic hydroxyl groups excluding tert-OH is 1. The first-order valence-electron chi connectivity index (χ1n) is 12.7. The number of hydrogen-bond acceptors (Lipinski definition) is 6. The van der Waals surface area contributed by atoms with Crippen LogP contribution in [0.3, 0.4) is 0 Å². The molecule has 4 rings (SSSR count). The second-order valence-electron chi connectivity index (χ2n) is 9.99. The Balaban J connectivity index is 1.67. The first-order valence-corrected chi connectivity index (χ1v) is 12.7. The van der Waals surface area contributed by atoms with Crippen LogP contribution >= 0.6 is 0 Å². The third kappa shape index (κ3) is 5.86. The van der Waals surface area contributed by atoms with Gasteiger partial charge in [0, 0.05) is 30.4 Å². The molecule has 0 saturated heterocycles. The zero-order valence-corrected chi connectivity index (χ0v) is 22.3. The largest absolute Gasteiger partial charge is 0.496 e. The molecule has 0 unspecified atom stereocenters. The Morgan fingerprint density at radius 2 is 1.63 bits per heavy atom. The van der Waals surface area contributed by atoms with Crippen LogP contribution in [0.5, 0.6) is 11.5 Å². The summed E-state index contributed by atoms with van der Waals surface area (Å²) >= 11 is 0. The normalized spacial score (nSPS) is 14.6. The van der Waals surface area contributed by atoms with E-state index >= 15 is 0 Å². The van der Waals surface area contributed by atoms with E-state index in [9.17, 15) is 19.8 Å². The number of hydrogen-bond donors (Lipinski definition) is 2. The molecular weight excluding hydrogens is 486 g/mol. The van der Waals surface area contributed by atoms with Crippen LogP contribution in [0.1, 0.15) is 50.7 Å². The Morgan fingerprint density at radius 3 is 2.16 bits per heavy atom. The topological polar surface area (TPSA) is 107 Å². The number of ether oxygens (including phenoxy) is 3. The van der Waals surface area contributed by atoms with Gasteiger partial charge in [-0.1, -0.05) is 24.3 Å². The van der Waals surface area contributed by atoms with Crippen molar-refractivity contribution < 1.29 is 34.0 Å². The fourth-order valence-corrected chi connectivity index (χ4v) is 5.63. The number of aliphatic carboxylic acids is 1. The minimum atomic E-state index is -1.04. The predicted molar refractivity (Wildman–Crippen MR) is 142 cm³/mol. The second kappa shape index (κ2) is 11.7. The second-order valence-corrected chi connectivity index (χ2v) is 9.99. The average Bonchev–Trinajstić information content (AvgIpc) is 3.50. The van der Waals surface area contributed by atoms with Crippen molar-refractivity contribution in [2.75, 3.05) is 21.3 Å². The van der Waals surface area contributed by atoms with Crippen LogP contribution in [0.15, 0.2) is 48.8 Å². The van der Waals surface area contributed by atoms with Crippen molar-refractivity contribution >= 4 is 11.9 Å². The summed E-state index contributed by atoms with van der Waals surface area (Å²) < 4.78 is 17.8. The quantitative estimate of drug-likeness (QED) is 0.361. The van der Waals surface area contributed by atoms with Gasteiger partial charge < -0.3 is 29.0 Å². The minimum absolute atomic E-state index is 0.218. The number of rotatable bonds is 11. The van der Waals surface area contributed by atoms with E-state index in [1.165, 1.54) is 18.2 Å². The molecule has 8 nitrogen and oxygen atoms in total. The van der Waals surface area contributed by atoms with Gasteiger partial charge in [-0.05, 0) is 66.5 Å². The summed E-state index contributed by atoms with van der Waals surface area (Å²) in [6.45, 7) is 2.29. The molecule has 2 N–H and O–H groups in total. The van der Waals surface area contributed by atoms with Crippen LogP contribution in [0.4, 0.5) is 0 Å². The maximum atomic E-state index is 12.3. The SMILES string of the molecule is COC(=O)c1cn(C[C@@H](CC2Cc3ccccc3C2)[C@H](O)c2cc(OC)c(C)c(OC)c2)cc1CC(=O)O. The van der Waals surface area contributed by atoms with Crippen molar-refractivity contribution in [1.29, 1.82) is 0 Å². The van der Waals surface area contributed by atoms with Gasteiger partial charge in [-0.2, -0.15) is 0 Å². The van der Waals surface area contributed by atoms with E-state index in [0.717, 1.165) is 24.8 Å². The molecule has 2 atom stereocenters. The lowest BCUT2D eigenvalue weighted by molar-refractivity contribution is -0.136. The molecule has 1 heterocycles. The molecule has 1 aliphatic rings. The lowest BCUT2D eigenvalue weighted by atomic mass is 9.85. The molecule has 0 radical (unpaired) electrons. The number of nitrogens with zero attached hydrogens (tertiary/aromatic N) is 1. The standard InChI is InChI=1S/C30H35NO7/c1-18-26(36-2)12-22(13-27(18)37-3)29(34)24(11-19-9-20-7-5-6-8-21(20)10-19)16-31-15-23(14-28(32)33)25(17-31)30(35)38-4/h5-8,12-13,15,17,19,24,29,34H,9-11,14,16H2,1-4H3,(H,32,33)/t24-,29-/m1/s1. The van der Waals surface area contributed by atoms with Crippen molar-refractivity contribution in [3.63, 3.8) is 0 Å². The molecule has 3 aromatic rings. The Hall–Kier alpha value is -3.78. The molecule has 0 spiro atoms.